The van der Waals surface area contributed by atoms with Gasteiger partial charge in [0.25, 0.3) is 5.91 Å². The second kappa shape index (κ2) is 10.9. The molecule has 0 radical (unpaired) electrons. The molecule has 26 heavy (non-hydrogen) atoms. The second-order valence-corrected chi connectivity index (χ2v) is 7.41. The Morgan fingerprint density at radius 3 is 2.65 bits per heavy atom. The standard InChI is InChI=1S/C20H22ClNO3S/c1-15-5-7-18(8-6-15)26-12-10-20(24)25-14-19(23)22-11-9-16-3-2-4-17(21)13-16/h2-8,13H,9-12,14H2,1H3,(H,22,23). The molecule has 6 heteroatoms. The summed E-state index contributed by atoms with van der Waals surface area (Å²) in [4.78, 5) is 24.5. The molecule has 0 heterocycles. The Morgan fingerprint density at radius 1 is 1.15 bits per heavy atom. The third kappa shape index (κ3) is 7.93. The highest BCUT2D eigenvalue weighted by molar-refractivity contribution is 7.99. The summed E-state index contributed by atoms with van der Waals surface area (Å²) in [6.07, 6.45) is 0.946. The Kier molecular flexibility index (Phi) is 8.51. The molecular formula is C20H22ClNO3S. The molecule has 0 atom stereocenters. The van der Waals surface area contributed by atoms with Crippen molar-refractivity contribution in [3.8, 4) is 0 Å². The predicted molar refractivity (Wildman–Crippen MR) is 106 cm³/mol. The van der Waals surface area contributed by atoms with Crippen molar-refractivity contribution in [2.24, 2.45) is 0 Å². The monoisotopic (exact) mass is 391 g/mol. The fourth-order valence-electron chi connectivity index (χ4n) is 2.19. The van der Waals surface area contributed by atoms with Gasteiger partial charge in [0, 0.05) is 22.2 Å². The van der Waals surface area contributed by atoms with Gasteiger partial charge in [0.15, 0.2) is 6.61 Å². The fraction of sp³-hybridized carbons (Fsp3) is 0.300. The minimum Gasteiger partial charge on any atom is -0.456 e. The SMILES string of the molecule is Cc1ccc(SCCC(=O)OCC(=O)NCCc2cccc(Cl)c2)cc1. The molecule has 138 valence electrons. The number of benzene rings is 2. The molecule has 1 amide bonds. The van der Waals surface area contributed by atoms with Crippen LogP contribution in [0.15, 0.2) is 53.4 Å². The molecule has 0 aliphatic carbocycles. The van der Waals surface area contributed by atoms with E-state index in [2.05, 4.69) is 5.32 Å². The maximum atomic E-state index is 11.7. The van der Waals surface area contributed by atoms with Crippen LogP contribution in [-0.2, 0) is 20.7 Å². The van der Waals surface area contributed by atoms with E-state index in [1.807, 2.05) is 49.4 Å². The number of aryl methyl sites for hydroxylation is 1. The van der Waals surface area contributed by atoms with Gasteiger partial charge >= 0.3 is 5.97 Å². The van der Waals surface area contributed by atoms with Gasteiger partial charge in [-0.2, -0.15) is 0 Å². The van der Waals surface area contributed by atoms with Gasteiger partial charge in [-0.05, 0) is 43.2 Å². The first-order chi connectivity index (χ1) is 12.5. The highest BCUT2D eigenvalue weighted by Crippen LogP contribution is 2.19. The Labute approximate surface area is 163 Å². The summed E-state index contributed by atoms with van der Waals surface area (Å²) in [6.45, 7) is 2.26. The van der Waals surface area contributed by atoms with E-state index in [9.17, 15) is 9.59 Å². The lowest BCUT2D eigenvalue weighted by Gasteiger charge is -2.07. The van der Waals surface area contributed by atoms with Gasteiger partial charge in [-0.25, -0.2) is 0 Å². The Bertz CT molecular complexity index is 734. The van der Waals surface area contributed by atoms with Crippen molar-refractivity contribution >= 4 is 35.2 Å². The Hall–Kier alpha value is -1.98. The Balaban J connectivity index is 1.56. The van der Waals surface area contributed by atoms with E-state index in [1.165, 1.54) is 5.56 Å². The zero-order valence-corrected chi connectivity index (χ0v) is 16.2. The number of esters is 1. The molecule has 0 unspecified atom stereocenters. The second-order valence-electron chi connectivity index (χ2n) is 5.80. The first-order valence-electron chi connectivity index (χ1n) is 8.39. The van der Waals surface area contributed by atoms with E-state index in [0.29, 0.717) is 23.7 Å². The molecular weight excluding hydrogens is 370 g/mol. The predicted octanol–water partition coefficient (Wildman–Crippen LogP) is 4.03. The van der Waals surface area contributed by atoms with E-state index < -0.39 is 0 Å². The lowest BCUT2D eigenvalue weighted by Crippen LogP contribution is -2.30. The summed E-state index contributed by atoms with van der Waals surface area (Å²) >= 11 is 7.50. The smallest absolute Gasteiger partial charge is 0.307 e. The van der Waals surface area contributed by atoms with Crippen molar-refractivity contribution in [1.82, 2.24) is 5.32 Å². The van der Waals surface area contributed by atoms with Crippen molar-refractivity contribution in [3.63, 3.8) is 0 Å². The molecule has 0 aromatic heterocycles. The van der Waals surface area contributed by atoms with Crippen LogP contribution in [0.4, 0.5) is 0 Å². The minimum absolute atomic E-state index is 0.246. The molecule has 0 aliphatic heterocycles. The van der Waals surface area contributed by atoms with Crippen LogP contribution < -0.4 is 5.32 Å². The van der Waals surface area contributed by atoms with Crippen molar-refractivity contribution in [2.75, 3.05) is 18.9 Å². The van der Waals surface area contributed by atoms with Crippen LogP contribution in [0.25, 0.3) is 0 Å². The highest BCUT2D eigenvalue weighted by Gasteiger charge is 2.07. The van der Waals surface area contributed by atoms with Crippen LogP contribution in [0.3, 0.4) is 0 Å². The number of carbonyl (C=O) groups excluding carboxylic acids is 2. The lowest BCUT2D eigenvalue weighted by molar-refractivity contribution is -0.148. The molecule has 1 N–H and O–H groups in total. The molecule has 0 aliphatic rings. The van der Waals surface area contributed by atoms with Crippen LogP contribution in [0, 0.1) is 6.92 Å². The van der Waals surface area contributed by atoms with Gasteiger partial charge < -0.3 is 10.1 Å². The molecule has 0 saturated heterocycles. The first-order valence-corrected chi connectivity index (χ1v) is 9.75. The summed E-state index contributed by atoms with van der Waals surface area (Å²) in [7, 11) is 0. The van der Waals surface area contributed by atoms with Gasteiger partial charge in [0.05, 0.1) is 6.42 Å². The van der Waals surface area contributed by atoms with Crippen molar-refractivity contribution < 1.29 is 14.3 Å². The molecule has 2 aromatic rings. The average molecular weight is 392 g/mol. The molecule has 0 fully saturated rings. The van der Waals surface area contributed by atoms with Crippen molar-refractivity contribution in [3.05, 3.63) is 64.7 Å². The van der Waals surface area contributed by atoms with Crippen LogP contribution in [-0.4, -0.2) is 30.8 Å². The van der Waals surface area contributed by atoms with Crippen molar-refractivity contribution in [2.45, 2.75) is 24.7 Å². The molecule has 0 saturated carbocycles. The van der Waals surface area contributed by atoms with E-state index in [4.69, 9.17) is 16.3 Å². The number of carbonyl (C=O) groups is 2. The highest BCUT2D eigenvalue weighted by atomic mass is 35.5. The lowest BCUT2D eigenvalue weighted by atomic mass is 10.1. The van der Waals surface area contributed by atoms with Crippen LogP contribution in [0.2, 0.25) is 5.02 Å². The third-order valence-electron chi connectivity index (χ3n) is 3.59. The van der Waals surface area contributed by atoms with Gasteiger partial charge in [-0.3, -0.25) is 9.59 Å². The molecule has 4 nitrogen and oxygen atoms in total. The normalized spacial score (nSPS) is 10.4. The summed E-state index contributed by atoms with van der Waals surface area (Å²) in [5, 5.41) is 3.40. The van der Waals surface area contributed by atoms with E-state index >= 15 is 0 Å². The van der Waals surface area contributed by atoms with Gasteiger partial charge in [0.2, 0.25) is 0 Å². The summed E-state index contributed by atoms with van der Waals surface area (Å²) in [5.74, 6) is -0.0423. The first kappa shape index (κ1) is 20.3. The number of rotatable bonds is 9. The van der Waals surface area contributed by atoms with Gasteiger partial charge in [0.1, 0.15) is 0 Å². The van der Waals surface area contributed by atoms with Crippen LogP contribution in [0.5, 0.6) is 0 Å². The van der Waals surface area contributed by atoms with Gasteiger partial charge in [-0.1, -0.05) is 41.4 Å². The van der Waals surface area contributed by atoms with E-state index in [1.54, 1.807) is 17.8 Å². The van der Waals surface area contributed by atoms with E-state index in [0.717, 1.165) is 10.5 Å². The zero-order chi connectivity index (χ0) is 18.8. The van der Waals surface area contributed by atoms with Crippen LogP contribution in [0.1, 0.15) is 17.5 Å². The minimum atomic E-state index is -0.366. The number of ether oxygens (including phenoxy) is 1. The topological polar surface area (TPSA) is 55.4 Å². The maximum absolute atomic E-state index is 11.7. The molecule has 2 aromatic carbocycles. The van der Waals surface area contributed by atoms with Crippen molar-refractivity contribution in [1.29, 1.82) is 0 Å². The Morgan fingerprint density at radius 2 is 1.92 bits per heavy atom. The molecule has 2 rings (SSSR count). The summed E-state index contributed by atoms with van der Waals surface area (Å²) in [5.41, 5.74) is 2.25. The average Bonchev–Trinajstić information content (AvgIpc) is 2.62. The number of amides is 1. The molecule has 0 spiro atoms. The maximum Gasteiger partial charge on any atom is 0.307 e. The fourth-order valence-corrected chi connectivity index (χ4v) is 3.24. The summed E-state index contributed by atoms with van der Waals surface area (Å²) in [6, 6.07) is 15.6. The number of hydrogen-bond donors (Lipinski definition) is 1. The number of thioether (sulfide) groups is 1. The third-order valence-corrected chi connectivity index (χ3v) is 4.83. The molecule has 0 bridgehead atoms. The number of nitrogens with one attached hydrogen (secondary N) is 1. The quantitative estimate of drug-likeness (QED) is 0.518. The largest absolute Gasteiger partial charge is 0.456 e. The number of halogens is 1. The summed E-state index contributed by atoms with van der Waals surface area (Å²) < 4.78 is 5.00. The number of hydrogen-bond acceptors (Lipinski definition) is 4. The van der Waals surface area contributed by atoms with E-state index in [-0.39, 0.29) is 24.9 Å². The zero-order valence-electron chi connectivity index (χ0n) is 14.7. The van der Waals surface area contributed by atoms with Crippen LogP contribution >= 0.6 is 23.4 Å². The van der Waals surface area contributed by atoms with Gasteiger partial charge in [-0.15, -0.1) is 11.8 Å².